The van der Waals surface area contributed by atoms with Crippen molar-refractivity contribution in [3.63, 3.8) is 0 Å². The predicted octanol–water partition coefficient (Wildman–Crippen LogP) is 3.28. The fourth-order valence-corrected chi connectivity index (χ4v) is 4.00. The minimum atomic E-state index is 0.0276. The molecule has 2 aromatic rings. The highest BCUT2D eigenvalue weighted by Gasteiger charge is 2.28. The number of nitrogens with zero attached hydrogens (tertiary/aromatic N) is 3. The summed E-state index contributed by atoms with van der Waals surface area (Å²) in [6.07, 6.45) is 5.75. The van der Waals surface area contributed by atoms with E-state index < -0.39 is 0 Å². The van der Waals surface area contributed by atoms with E-state index in [0.717, 1.165) is 31.7 Å². The van der Waals surface area contributed by atoms with Gasteiger partial charge >= 0.3 is 0 Å². The summed E-state index contributed by atoms with van der Waals surface area (Å²) < 4.78 is 0. The lowest BCUT2D eigenvalue weighted by Gasteiger charge is -2.34. The number of hydrogen-bond donors (Lipinski definition) is 0. The first-order valence-electron chi connectivity index (χ1n) is 10.3. The zero-order valence-corrected chi connectivity index (χ0v) is 16.7. The van der Waals surface area contributed by atoms with Gasteiger partial charge in [-0.25, -0.2) is 0 Å². The fourth-order valence-electron chi connectivity index (χ4n) is 4.00. The van der Waals surface area contributed by atoms with Crippen molar-refractivity contribution in [2.45, 2.75) is 12.8 Å². The highest BCUT2D eigenvalue weighted by atomic mass is 16.2. The molecule has 0 radical (unpaired) electrons. The lowest BCUT2D eigenvalue weighted by molar-refractivity contribution is -0.117. The number of hydrogen-bond acceptors (Lipinski definition) is 3. The molecular formula is C24H27N3O2. The van der Waals surface area contributed by atoms with Gasteiger partial charge in [-0.1, -0.05) is 54.6 Å². The lowest BCUT2D eigenvalue weighted by atomic mass is 10.1. The molecule has 0 N–H and O–H groups in total. The van der Waals surface area contributed by atoms with Gasteiger partial charge in [0.2, 0.25) is 5.91 Å². The van der Waals surface area contributed by atoms with E-state index in [2.05, 4.69) is 29.2 Å². The molecular weight excluding hydrogens is 362 g/mol. The number of carbonyl (C=O) groups is 2. The van der Waals surface area contributed by atoms with E-state index in [1.807, 2.05) is 47.4 Å². The van der Waals surface area contributed by atoms with Crippen LogP contribution in [0.25, 0.3) is 6.08 Å². The number of piperazine rings is 1. The van der Waals surface area contributed by atoms with Gasteiger partial charge in [-0.2, -0.15) is 0 Å². The van der Waals surface area contributed by atoms with Gasteiger partial charge in [-0.3, -0.25) is 14.5 Å². The Labute approximate surface area is 172 Å². The molecule has 4 rings (SSSR count). The van der Waals surface area contributed by atoms with Gasteiger partial charge in [-0.15, -0.1) is 0 Å². The van der Waals surface area contributed by atoms with Crippen LogP contribution < -0.4 is 4.90 Å². The number of para-hydroxylation sites is 1. The van der Waals surface area contributed by atoms with Crippen molar-refractivity contribution >= 4 is 23.6 Å². The third-order valence-corrected chi connectivity index (χ3v) is 5.63. The van der Waals surface area contributed by atoms with E-state index in [-0.39, 0.29) is 11.8 Å². The molecule has 0 atom stereocenters. The maximum Gasteiger partial charge on any atom is 0.256 e. The van der Waals surface area contributed by atoms with Crippen LogP contribution in [-0.4, -0.2) is 60.9 Å². The van der Waals surface area contributed by atoms with Crippen LogP contribution in [0.2, 0.25) is 0 Å². The summed E-state index contributed by atoms with van der Waals surface area (Å²) in [5, 5.41) is 0. The molecule has 0 unspecified atom stereocenters. The molecule has 2 aliphatic heterocycles. The molecule has 0 saturated carbocycles. The smallest absolute Gasteiger partial charge is 0.256 e. The molecule has 5 nitrogen and oxygen atoms in total. The molecule has 0 aromatic heterocycles. The van der Waals surface area contributed by atoms with Crippen molar-refractivity contribution in [2.24, 2.45) is 0 Å². The van der Waals surface area contributed by atoms with Crippen molar-refractivity contribution in [3.05, 3.63) is 71.8 Å². The number of rotatable bonds is 5. The molecule has 0 bridgehead atoms. The zero-order valence-electron chi connectivity index (χ0n) is 16.7. The average Bonchev–Trinajstić information content (AvgIpc) is 3.20. The van der Waals surface area contributed by atoms with Crippen molar-refractivity contribution in [2.75, 3.05) is 44.2 Å². The summed E-state index contributed by atoms with van der Waals surface area (Å²) in [5.74, 6) is 0.139. The first-order valence-corrected chi connectivity index (χ1v) is 10.3. The highest BCUT2D eigenvalue weighted by molar-refractivity contribution is 6.05. The Morgan fingerprint density at radius 1 is 0.897 bits per heavy atom. The quantitative estimate of drug-likeness (QED) is 0.788. The Kier molecular flexibility index (Phi) is 6.06. The number of anilines is 1. The van der Waals surface area contributed by atoms with Crippen LogP contribution in [0.5, 0.6) is 0 Å². The summed E-state index contributed by atoms with van der Waals surface area (Å²) >= 11 is 0. The number of carbonyl (C=O) groups excluding carboxylic acids is 2. The van der Waals surface area contributed by atoms with Crippen LogP contribution >= 0.6 is 0 Å². The van der Waals surface area contributed by atoms with E-state index >= 15 is 0 Å². The summed E-state index contributed by atoms with van der Waals surface area (Å²) in [5.41, 5.74) is 2.60. The minimum Gasteiger partial charge on any atom is -0.336 e. The van der Waals surface area contributed by atoms with Crippen LogP contribution in [0.4, 0.5) is 5.69 Å². The topological polar surface area (TPSA) is 43.9 Å². The van der Waals surface area contributed by atoms with Gasteiger partial charge in [0.15, 0.2) is 0 Å². The monoisotopic (exact) mass is 389 g/mol. The molecule has 2 saturated heterocycles. The third kappa shape index (κ3) is 4.57. The summed E-state index contributed by atoms with van der Waals surface area (Å²) in [6.45, 7) is 4.71. The largest absolute Gasteiger partial charge is 0.336 e. The molecule has 2 aliphatic rings. The van der Waals surface area contributed by atoms with E-state index in [1.165, 1.54) is 5.56 Å². The van der Waals surface area contributed by atoms with Gasteiger partial charge in [0.05, 0.1) is 11.3 Å². The van der Waals surface area contributed by atoms with Gasteiger partial charge in [0.25, 0.3) is 5.91 Å². The van der Waals surface area contributed by atoms with Crippen molar-refractivity contribution in [1.29, 1.82) is 0 Å². The third-order valence-electron chi connectivity index (χ3n) is 5.63. The molecule has 2 amide bonds. The Bertz CT molecular complexity index is 886. The second kappa shape index (κ2) is 9.05. The fraction of sp³-hybridized carbons (Fsp3) is 0.333. The van der Waals surface area contributed by atoms with Crippen LogP contribution in [0.1, 0.15) is 28.8 Å². The molecule has 0 spiro atoms. The first kappa shape index (κ1) is 19.4. The van der Waals surface area contributed by atoms with Crippen LogP contribution in [0.3, 0.4) is 0 Å². The summed E-state index contributed by atoms with van der Waals surface area (Å²) in [7, 11) is 0. The lowest BCUT2D eigenvalue weighted by Crippen LogP contribution is -2.48. The van der Waals surface area contributed by atoms with Crippen molar-refractivity contribution in [1.82, 2.24) is 9.80 Å². The standard InChI is InChI=1S/C24H27N3O2/c28-23-13-7-15-27(23)22-12-5-4-11-21(22)24(29)26-18-16-25(17-19-26)14-6-10-20-8-2-1-3-9-20/h1-6,8-12H,7,13-19H2. The molecule has 2 heterocycles. The molecule has 0 aliphatic carbocycles. The Balaban J connectivity index is 1.35. The van der Waals surface area contributed by atoms with Gasteiger partial charge in [0.1, 0.15) is 0 Å². The minimum absolute atomic E-state index is 0.0276. The second-order valence-corrected chi connectivity index (χ2v) is 7.57. The molecule has 2 aromatic carbocycles. The Hall–Kier alpha value is -2.92. The molecule has 2 fully saturated rings. The van der Waals surface area contributed by atoms with E-state index in [4.69, 9.17) is 0 Å². The maximum atomic E-state index is 13.1. The second-order valence-electron chi connectivity index (χ2n) is 7.57. The van der Waals surface area contributed by atoms with Gasteiger partial charge < -0.3 is 9.80 Å². The van der Waals surface area contributed by atoms with Crippen molar-refractivity contribution < 1.29 is 9.59 Å². The SMILES string of the molecule is O=C(c1ccccc1N1CCCC1=O)N1CCN(CC=Cc2ccccc2)CC1. The number of amides is 2. The van der Waals surface area contributed by atoms with E-state index in [0.29, 0.717) is 31.6 Å². The van der Waals surface area contributed by atoms with Crippen molar-refractivity contribution in [3.8, 4) is 0 Å². The normalized spacial score (nSPS) is 18.0. The maximum absolute atomic E-state index is 13.1. The summed E-state index contributed by atoms with van der Waals surface area (Å²) in [6, 6.07) is 17.8. The molecule has 5 heteroatoms. The van der Waals surface area contributed by atoms with Crippen LogP contribution in [0, 0.1) is 0 Å². The van der Waals surface area contributed by atoms with Gasteiger partial charge in [-0.05, 0) is 24.1 Å². The molecule has 29 heavy (non-hydrogen) atoms. The predicted molar refractivity (Wildman–Crippen MR) is 116 cm³/mol. The number of benzene rings is 2. The van der Waals surface area contributed by atoms with E-state index in [9.17, 15) is 9.59 Å². The van der Waals surface area contributed by atoms with Crippen LogP contribution in [-0.2, 0) is 4.79 Å². The van der Waals surface area contributed by atoms with E-state index in [1.54, 1.807) is 4.90 Å². The summed E-state index contributed by atoms with van der Waals surface area (Å²) in [4.78, 5) is 31.3. The Morgan fingerprint density at radius 2 is 1.62 bits per heavy atom. The Morgan fingerprint density at radius 3 is 2.34 bits per heavy atom. The van der Waals surface area contributed by atoms with Crippen LogP contribution in [0.15, 0.2) is 60.7 Å². The zero-order chi connectivity index (χ0) is 20.1. The van der Waals surface area contributed by atoms with Gasteiger partial charge in [0, 0.05) is 45.7 Å². The average molecular weight is 389 g/mol. The molecule has 150 valence electrons. The first-order chi connectivity index (χ1) is 14.2. The highest BCUT2D eigenvalue weighted by Crippen LogP contribution is 2.26.